The van der Waals surface area contributed by atoms with Crippen molar-refractivity contribution in [1.82, 2.24) is 29.5 Å². The number of aromatic amines is 1. The van der Waals surface area contributed by atoms with Crippen LogP contribution in [0.15, 0.2) is 79.6 Å². The Kier molecular flexibility index (Phi) is 18.8. The van der Waals surface area contributed by atoms with Gasteiger partial charge in [-0.05, 0) is 112 Å². The number of Topliss-reactive ketones (excluding diaryl/α,β-unsaturated/α-hetero) is 1. The topological polar surface area (TPSA) is 285 Å². The van der Waals surface area contributed by atoms with Gasteiger partial charge < -0.3 is 68.3 Å². The van der Waals surface area contributed by atoms with E-state index in [2.05, 4.69) is 89.2 Å². The van der Waals surface area contributed by atoms with Gasteiger partial charge in [0.05, 0.1) is 79.7 Å². The van der Waals surface area contributed by atoms with Crippen LogP contribution in [0, 0.1) is 18.8 Å². The molecule has 1 aromatic carbocycles. The molecule has 88 heavy (non-hydrogen) atoms. The number of pyridine rings is 1. The molecule has 12 bridgehead atoms. The van der Waals surface area contributed by atoms with Crippen LogP contribution in [0.4, 0.5) is 5.82 Å². The third-order valence-corrected chi connectivity index (χ3v) is 19.5. The Labute approximate surface area is 515 Å². The number of carbonyl (C=O) groups excluding carboxylic acids is 1. The Morgan fingerprint density at radius 3 is 2.42 bits per heavy atom. The molecule has 4 aromatic heterocycles. The average Bonchev–Trinajstić information content (AvgIpc) is 1.64. The lowest BCUT2D eigenvalue weighted by molar-refractivity contribution is -0.292. The maximum atomic E-state index is 14.1. The van der Waals surface area contributed by atoms with E-state index in [-0.39, 0.29) is 129 Å². The lowest BCUT2D eigenvalue weighted by Crippen LogP contribution is -2.61. The van der Waals surface area contributed by atoms with Crippen LogP contribution in [0.25, 0.3) is 33.5 Å². The highest BCUT2D eigenvalue weighted by Gasteiger charge is 2.69. The van der Waals surface area contributed by atoms with Gasteiger partial charge in [0.25, 0.3) is 10.1 Å². The molecule has 10 aliphatic rings. The van der Waals surface area contributed by atoms with E-state index in [1.807, 2.05) is 25.5 Å². The van der Waals surface area contributed by atoms with Crippen LogP contribution in [0.5, 0.6) is 0 Å². The highest BCUT2D eigenvalue weighted by atomic mass is 32.2. The summed E-state index contributed by atoms with van der Waals surface area (Å²) in [5.74, 6) is 0.785. The number of benzene rings is 1. The van der Waals surface area contributed by atoms with E-state index in [1.54, 1.807) is 13.3 Å². The van der Waals surface area contributed by atoms with Gasteiger partial charge in [0.1, 0.15) is 41.8 Å². The van der Waals surface area contributed by atoms with Gasteiger partial charge in [-0.3, -0.25) is 14.3 Å². The van der Waals surface area contributed by atoms with Gasteiger partial charge in [0.15, 0.2) is 23.1 Å². The molecule has 0 amide bonds. The summed E-state index contributed by atoms with van der Waals surface area (Å²) in [4.78, 5) is 36.0. The van der Waals surface area contributed by atoms with E-state index in [0.29, 0.717) is 37.8 Å². The first-order valence-electron chi connectivity index (χ1n) is 31.7. The molecular formula is C65H88N8O14S. The van der Waals surface area contributed by atoms with Crippen LogP contribution in [-0.2, 0) is 64.0 Å². The van der Waals surface area contributed by atoms with E-state index in [4.69, 9.17) is 62.9 Å². The van der Waals surface area contributed by atoms with Gasteiger partial charge in [-0.2, -0.15) is 8.42 Å². The lowest BCUT2D eigenvalue weighted by Gasteiger charge is -2.47. The van der Waals surface area contributed by atoms with Crippen LogP contribution < -0.4 is 11.1 Å². The van der Waals surface area contributed by atoms with Crippen molar-refractivity contribution in [1.29, 1.82) is 0 Å². The fourth-order valence-electron chi connectivity index (χ4n) is 15.2. The number of ether oxygens (including phenoxy) is 9. The normalized spacial score (nSPS) is 35.7. The number of hydrogen-bond acceptors (Lipinski definition) is 19. The number of anilines is 1. The van der Waals surface area contributed by atoms with Crippen molar-refractivity contribution in [2.24, 2.45) is 17.6 Å². The predicted octanol–water partition coefficient (Wildman–Crippen LogP) is 7.86. The zero-order valence-corrected chi connectivity index (χ0v) is 52.2. The number of para-hydroxylation sites is 1. The SMILES string of the molecule is C=C1CC2CCC34CC5OC6C(OC7CCC(CC(=O)CC8C(CC9OC(CCC1O2)CC(C)C9=C)OC(CC(O)CN)C8OC)OC7C6O3)C5O4.CS(=O)(=O)O.Cc1cncc(-c2nc(NCCc3c[nH]c4ccccc34)c3ncn(C(C)C)c3n2)c1. The number of nitrogens with two attached hydrogens (primary N) is 1. The second-order valence-corrected chi connectivity index (χ2v) is 27.7. The number of methoxy groups -OCH3 is 1. The molecule has 23 heteroatoms. The molecule has 0 aliphatic carbocycles. The quantitative estimate of drug-likeness (QED) is 0.0657. The number of imidazole rings is 1. The van der Waals surface area contributed by atoms with Gasteiger partial charge >= 0.3 is 0 Å². The summed E-state index contributed by atoms with van der Waals surface area (Å²) in [5.41, 5.74) is 14.0. The first-order chi connectivity index (χ1) is 42.2. The number of hydrogen-bond donors (Lipinski definition) is 5. The van der Waals surface area contributed by atoms with Crippen molar-refractivity contribution < 1.29 is 65.5 Å². The Balaban J connectivity index is 0.000000177. The lowest BCUT2D eigenvalue weighted by atomic mass is 9.81. The van der Waals surface area contributed by atoms with Crippen LogP contribution in [0.3, 0.4) is 0 Å². The number of ketones is 1. The number of aliphatic hydroxyl groups is 1. The number of rotatable bonds is 10. The summed E-state index contributed by atoms with van der Waals surface area (Å²) in [6, 6.07) is 10.7. The Bertz CT molecular complexity index is 3430. The largest absolute Gasteiger partial charge is 0.392 e. The van der Waals surface area contributed by atoms with Gasteiger partial charge in [0.2, 0.25) is 0 Å². The minimum absolute atomic E-state index is 0.0158. The van der Waals surface area contributed by atoms with Gasteiger partial charge in [0, 0.05) is 106 Å². The smallest absolute Gasteiger partial charge is 0.261 e. The minimum Gasteiger partial charge on any atom is -0.392 e. The number of fused-ring (bicyclic) bond motifs is 8. The Morgan fingerprint density at radius 1 is 0.886 bits per heavy atom. The molecule has 22 nitrogen and oxygen atoms in total. The molecule has 1 spiro atoms. The first-order valence-corrected chi connectivity index (χ1v) is 33.5. The zero-order chi connectivity index (χ0) is 61.8. The third-order valence-electron chi connectivity index (χ3n) is 19.5. The summed E-state index contributed by atoms with van der Waals surface area (Å²) in [6.45, 7) is 18.3. The first kappa shape index (κ1) is 63.0. The van der Waals surface area contributed by atoms with E-state index in [9.17, 15) is 18.3 Å². The monoisotopic (exact) mass is 1240 g/mol. The molecule has 19 atom stereocenters. The van der Waals surface area contributed by atoms with Crippen molar-refractivity contribution in [2.45, 2.75) is 227 Å². The number of aryl methyl sites for hydroxylation is 1. The molecule has 478 valence electrons. The molecule has 0 radical (unpaired) electrons. The van der Waals surface area contributed by atoms with Crippen LogP contribution in [-0.4, -0.2) is 183 Å². The van der Waals surface area contributed by atoms with E-state index < -0.39 is 28.1 Å². The highest BCUT2D eigenvalue weighted by Crippen LogP contribution is 2.55. The maximum absolute atomic E-state index is 14.1. The average molecular weight is 1240 g/mol. The number of H-pyrrole nitrogens is 1. The molecule has 6 N–H and O–H groups in total. The van der Waals surface area contributed by atoms with Gasteiger partial charge in [-0.25, -0.2) is 15.0 Å². The molecule has 10 aliphatic heterocycles. The number of aromatic nitrogens is 6. The molecular weight excluding hydrogens is 1150 g/mol. The molecule has 10 fully saturated rings. The van der Waals surface area contributed by atoms with Crippen molar-refractivity contribution >= 4 is 43.8 Å². The van der Waals surface area contributed by atoms with Crippen molar-refractivity contribution in [2.75, 3.05) is 31.8 Å². The molecule has 15 rings (SSSR count). The van der Waals surface area contributed by atoms with Crippen LogP contribution in [0.2, 0.25) is 0 Å². The predicted molar refractivity (Wildman–Crippen MR) is 328 cm³/mol. The number of carbonyl (C=O) groups is 1. The number of nitrogens with zero attached hydrogens (tertiary/aromatic N) is 5. The Morgan fingerprint density at radius 2 is 1.64 bits per heavy atom. The fraction of sp³-hybridized carbons (Fsp3) is 0.646. The Hall–Kier alpha value is -5.12. The molecule has 19 unspecified atom stereocenters. The summed E-state index contributed by atoms with van der Waals surface area (Å²) >= 11 is 0. The van der Waals surface area contributed by atoms with Crippen molar-refractivity contribution in [3.63, 3.8) is 0 Å². The molecule has 5 aromatic rings. The second-order valence-electron chi connectivity index (χ2n) is 26.3. The standard InChI is InChI=1S/C40H59NO11.C24H25N7.CH4O3S/c1-19-11-24-5-7-28-20(2)12-26(45-28)9-10-40-17-33-36(51-40)37-38(50-33)39(52-40)35-29(49-37)8-6-25(47-35)13-22(42)14-27-31(16-30(46-24)21(19)3)48-32(34(27)44-4)15-23(43)18-41;1-15(2)31-14-28-21-23(26-9-8-17-13-27-20-7-5-4-6-19(17)20)29-22(30-24(21)31)18-10-16(3)11-25-12-18;1-5(2,3)4/h19,23-39,43H,2-3,5-18,41H2,1,4H3;4-7,10-15,27H,8-9H2,1-3H3,(H,26,29,30);1H3,(H,2,3,4). The number of nitrogens with one attached hydrogen (secondary N) is 2. The summed E-state index contributed by atoms with van der Waals surface area (Å²) < 4.78 is 88.0. The summed E-state index contributed by atoms with van der Waals surface area (Å²) in [5, 5.41) is 15.3. The van der Waals surface area contributed by atoms with Crippen molar-refractivity contribution in [3.05, 3.63) is 90.7 Å². The van der Waals surface area contributed by atoms with E-state index in [0.717, 1.165) is 103 Å². The van der Waals surface area contributed by atoms with Crippen LogP contribution >= 0.6 is 0 Å². The van der Waals surface area contributed by atoms with E-state index >= 15 is 0 Å². The molecule has 14 heterocycles. The highest BCUT2D eigenvalue weighted by molar-refractivity contribution is 7.85. The fourth-order valence-corrected chi connectivity index (χ4v) is 15.2. The van der Waals surface area contributed by atoms with Crippen LogP contribution in [0.1, 0.15) is 121 Å². The minimum atomic E-state index is -3.67. The zero-order valence-electron chi connectivity index (χ0n) is 51.4. The number of aliphatic hydroxyl groups excluding tert-OH is 1. The summed E-state index contributed by atoms with van der Waals surface area (Å²) in [6.07, 6.45) is 14.0. The second kappa shape index (κ2) is 26.2. The van der Waals surface area contributed by atoms with E-state index in [1.165, 1.54) is 10.9 Å². The van der Waals surface area contributed by atoms with Gasteiger partial charge in [-0.1, -0.05) is 38.3 Å². The van der Waals surface area contributed by atoms with Gasteiger partial charge in [-0.15, -0.1) is 0 Å². The summed E-state index contributed by atoms with van der Waals surface area (Å²) in [7, 11) is -2.01. The molecule has 10 saturated heterocycles. The third kappa shape index (κ3) is 13.6. The maximum Gasteiger partial charge on any atom is 0.261 e. The van der Waals surface area contributed by atoms with Crippen molar-refractivity contribution in [3.8, 4) is 11.4 Å². The molecule has 0 saturated carbocycles.